The van der Waals surface area contributed by atoms with Gasteiger partial charge < -0.3 is 5.32 Å². The summed E-state index contributed by atoms with van der Waals surface area (Å²) in [4.78, 5) is 0. The third kappa shape index (κ3) is 15.9. The second-order valence-corrected chi connectivity index (χ2v) is 8.18. The van der Waals surface area contributed by atoms with Crippen LogP contribution in [0.5, 0.6) is 0 Å². The smallest absolute Gasteiger partial charge is 0.0406 e. The first-order valence-corrected chi connectivity index (χ1v) is 11.8. The highest BCUT2D eigenvalue weighted by molar-refractivity contribution is 6.30. The van der Waals surface area contributed by atoms with Crippen molar-refractivity contribution in [2.75, 3.05) is 6.54 Å². The molecule has 0 atom stereocenters. The molecule has 0 unspecified atom stereocenters. The summed E-state index contributed by atoms with van der Waals surface area (Å²) in [5.74, 6) is 0. The summed E-state index contributed by atoms with van der Waals surface area (Å²) >= 11 is 5.90. The fraction of sp³-hybridized carbons (Fsp3) is 0.680. The second-order valence-electron chi connectivity index (χ2n) is 7.74. The van der Waals surface area contributed by atoms with Crippen molar-refractivity contribution in [3.63, 3.8) is 0 Å². The van der Waals surface area contributed by atoms with Gasteiger partial charge in [-0.3, -0.25) is 0 Å². The lowest BCUT2D eigenvalue weighted by Crippen LogP contribution is -2.14. The SMILES string of the molecule is CCCCCCCC/C=C/CCCCCCCCNCc1ccc(Cl)cc1. The molecule has 0 aromatic heterocycles. The van der Waals surface area contributed by atoms with Crippen LogP contribution in [-0.2, 0) is 6.54 Å². The van der Waals surface area contributed by atoms with E-state index in [1.165, 1.54) is 95.5 Å². The van der Waals surface area contributed by atoms with Crippen LogP contribution < -0.4 is 5.32 Å². The summed E-state index contributed by atoms with van der Waals surface area (Å²) in [5, 5.41) is 4.33. The molecule has 0 saturated carbocycles. The largest absolute Gasteiger partial charge is 0.313 e. The van der Waals surface area contributed by atoms with E-state index in [9.17, 15) is 0 Å². The van der Waals surface area contributed by atoms with Crippen molar-refractivity contribution in [3.8, 4) is 0 Å². The number of allylic oxidation sites excluding steroid dienone is 2. The van der Waals surface area contributed by atoms with Crippen LogP contribution in [0.2, 0.25) is 5.02 Å². The molecule has 1 rings (SSSR count). The van der Waals surface area contributed by atoms with E-state index in [-0.39, 0.29) is 0 Å². The van der Waals surface area contributed by atoms with Crippen molar-refractivity contribution in [1.82, 2.24) is 5.32 Å². The summed E-state index contributed by atoms with van der Waals surface area (Å²) < 4.78 is 0. The highest BCUT2D eigenvalue weighted by atomic mass is 35.5. The van der Waals surface area contributed by atoms with Gasteiger partial charge in [-0.2, -0.15) is 0 Å². The van der Waals surface area contributed by atoms with Gasteiger partial charge >= 0.3 is 0 Å². The fourth-order valence-corrected chi connectivity index (χ4v) is 3.46. The lowest BCUT2D eigenvalue weighted by molar-refractivity contribution is 0.566. The average Bonchev–Trinajstić information content (AvgIpc) is 2.68. The predicted molar refractivity (Wildman–Crippen MR) is 123 cm³/mol. The number of rotatable bonds is 18. The van der Waals surface area contributed by atoms with Gasteiger partial charge in [-0.15, -0.1) is 0 Å². The van der Waals surface area contributed by atoms with Crippen molar-refractivity contribution in [3.05, 3.63) is 47.0 Å². The Hall–Kier alpha value is -0.790. The van der Waals surface area contributed by atoms with E-state index in [0.717, 1.165) is 18.1 Å². The van der Waals surface area contributed by atoms with Crippen molar-refractivity contribution >= 4 is 11.6 Å². The number of unbranched alkanes of at least 4 members (excludes halogenated alkanes) is 12. The Labute approximate surface area is 174 Å². The zero-order chi connectivity index (χ0) is 19.4. The van der Waals surface area contributed by atoms with Crippen molar-refractivity contribution in [1.29, 1.82) is 0 Å². The topological polar surface area (TPSA) is 12.0 Å². The molecule has 0 radical (unpaired) electrons. The Balaban J connectivity index is 1.76. The van der Waals surface area contributed by atoms with Gasteiger partial charge in [-0.05, 0) is 56.3 Å². The molecule has 0 aliphatic rings. The molecule has 154 valence electrons. The van der Waals surface area contributed by atoms with Crippen molar-refractivity contribution in [2.45, 2.75) is 103 Å². The molecule has 0 bridgehead atoms. The maximum atomic E-state index is 5.90. The van der Waals surface area contributed by atoms with Crippen LogP contribution in [0.3, 0.4) is 0 Å². The highest BCUT2D eigenvalue weighted by Crippen LogP contribution is 2.11. The van der Waals surface area contributed by atoms with Crippen LogP contribution in [0.15, 0.2) is 36.4 Å². The van der Waals surface area contributed by atoms with Crippen molar-refractivity contribution in [2.24, 2.45) is 0 Å². The van der Waals surface area contributed by atoms with E-state index in [1.807, 2.05) is 12.1 Å². The Kier molecular flexibility index (Phi) is 16.7. The van der Waals surface area contributed by atoms with Gasteiger partial charge in [0.05, 0.1) is 0 Å². The molecular weight excluding hydrogens is 350 g/mol. The molecule has 0 spiro atoms. The van der Waals surface area contributed by atoms with E-state index in [2.05, 4.69) is 36.5 Å². The van der Waals surface area contributed by atoms with E-state index in [1.54, 1.807) is 0 Å². The number of benzene rings is 1. The Morgan fingerprint density at radius 1 is 0.704 bits per heavy atom. The zero-order valence-corrected chi connectivity index (χ0v) is 18.4. The lowest BCUT2D eigenvalue weighted by atomic mass is 10.1. The van der Waals surface area contributed by atoms with Crippen LogP contribution in [0, 0.1) is 0 Å². The number of halogens is 1. The number of hydrogen-bond acceptors (Lipinski definition) is 1. The van der Waals surface area contributed by atoms with Gasteiger partial charge in [0.25, 0.3) is 0 Å². The summed E-state index contributed by atoms with van der Waals surface area (Å²) in [7, 11) is 0. The summed E-state index contributed by atoms with van der Waals surface area (Å²) in [6.07, 6.45) is 24.0. The highest BCUT2D eigenvalue weighted by Gasteiger charge is 1.94. The average molecular weight is 392 g/mol. The van der Waals surface area contributed by atoms with Crippen LogP contribution in [-0.4, -0.2) is 6.54 Å². The van der Waals surface area contributed by atoms with Gasteiger partial charge in [-0.25, -0.2) is 0 Å². The van der Waals surface area contributed by atoms with Gasteiger partial charge in [0, 0.05) is 11.6 Å². The fourth-order valence-electron chi connectivity index (χ4n) is 3.33. The molecule has 0 aliphatic heterocycles. The van der Waals surface area contributed by atoms with Gasteiger partial charge in [-0.1, -0.05) is 101 Å². The van der Waals surface area contributed by atoms with Crippen LogP contribution in [0.25, 0.3) is 0 Å². The molecule has 0 aliphatic carbocycles. The zero-order valence-electron chi connectivity index (χ0n) is 17.7. The van der Waals surface area contributed by atoms with Crippen LogP contribution >= 0.6 is 11.6 Å². The molecule has 1 nitrogen and oxygen atoms in total. The first-order valence-electron chi connectivity index (χ1n) is 11.4. The lowest BCUT2D eigenvalue weighted by Gasteiger charge is -2.05. The molecule has 1 aromatic rings. The Bertz CT molecular complexity index is 452. The first kappa shape index (κ1) is 24.2. The first-order chi connectivity index (χ1) is 13.3. The Morgan fingerprint density at radius 2 is 1.22 bits per heavy atom. The summed E-state index contributed by atoms with van der Waals surface area (Å²) in [5.41, 5.74) is 1.31. The van der Waals surface area contributed by atoms with Gasteiger partial charge in [0.15, 0.2) is 0 Å². The minimum absolute atomic E-state index is 0.812. The third-order valence-electron chi connectivity index (χ3n) is 5.11. The molecule has 0 saturated heterocycles. The van der Waals surface area contributed by atoms with E-state index in [0.29, 0.717) is 0 Å². The molecule has 1 N–H and O–H groups in total. The normalized spacial score (nSPS) is 11.5. The van der Waals surface area contributed by atoms with Crippen LogP contribution in [0.4, 0.5) is 0 Å². The quantitative estimate of drug-likeness (QED) is 0.195. The number of hydrogen-bond donors (Lipinski definition) is 1. The number of nitrogens with one attached hydrogen (secondary N) is 1. The second kappa shape index (κ2) is 18.6. The molecular formula is C25H42ClN. The van der Waals surface area contributed by atoms with Gasteiger partial charge in [0.1, 0.15) is 0 Å². The molecule has 1 aromatic carbocycles. The minimum atomic E-state index is 0.812. The van der Waals surface area contributed by atoms with Crippen molar-refractivity contribution < 1.29 is 0 Å². The van der Waals surface area contributed by atoms with E-state index in [4.69, 9.17) is 11.6 Å². The molecule has 0 heterocycles. The van der Waals surface area contributed by atoms with Gasteiger partial charge in [0.2, 0.25) is 0 Å². The van der Waals surface area contributed by atoms with E-state index >= 15 is 0 Å². The Morgan fingerprint density at radius 3 is 1.81 bits per heavy atom. The predicted octanol–water partition coefficient (Wildman–Crippen LogP) is 8.47. The molecule has 2 heteroatoms. The monoisotopic (exact) mass is 391 g/mol. The summed E-state index contributed by atoms with van der Waals surface area (Å²) in [6.45, 7) is 4.34. The standard InChI is InChI=1S/C25H42ClN/c1-2-3-4-5-6-7-8-9-10-11-12-13-14-15-16-17-22-27-23-24-18-20-25(26)21-19-24/h9-10,18-21,27H,2-8,11-17,22-23H2,1H3/b10-9+. The van der Waals surface area contributed by atoms with E-state index < -0.39 is 0 Å². The maximum Gasteiger partial charge on any atom is 0.0406 e. The third-order valence-corrected chi connectivity index (χ3v) is 5.36. The molecule has 27 heavy (non-hydrogen) atoms. The minimum Gasteiger partial charge on any atom is -0.313 e. The molecule has 0 amide bonds. The summed E-state index contributed by atoms with van der Waals surface area (Å²) in [6, 6.07) is 8.11. The molecule has 0 fully saturated rings. The maximum absolute atomic E-state index is 5.90. The van der Waals surface area contributed by atoms with Crippen LogP contribution in [0.1, 0.15) is 102 Å².